The fraction of sp³-hybridized carbons (Fsp3) is 0.136. The maximum absolute atomic E-state index is 12.9. The SMILES string of the molecule is COc1ccc(Cn2nnc(C(=O)NCc3ccccc3Cl)c2-n2cccc2)cc1. The van der Waals surface area contributed by atoms with Crippen LogP contribution >= 0.6 is 11.6 Å². The molecule has 2 aromatic carbocycles. The van der Waals surface area contributed by atoms with Crippen molar-refractivity contribution in [2.75, 3.05) is 7.11 Å². The first-order valence-corrected chi connectivity index (χ1v) is 9.75. The Kier molecular flexibility index (Phi) is 5.81. The molecule has 4 rings (SSSR count). The normalized spacial score (nSPS) is 10.7. The molecule has 0 bridgehead atoms. The monoisotopic (exact) mass is 421 g/mol. The number of aromatic nitrogens is 4. The Morgan fingerprint density at radius 1 is 1.07 bits per heavy atom. The van der Waals surface area contributed by atoms with Crippen molar-refractivity contribution < 1.29 is 9.53 Å². The molecule has 1 N–H and O–H groups in total. The molecule has 0 saturated heterocycles. The second kappa shape index (κ2) is 8.84. The zero-order valence-electron chi connectivity index (χ0n) is 16.3. The summed E-state index contributed by atoms with van der Waals surface area (Å²) in [4.78, 5) is 12.9. The molecule has 152 valence electrons. The van der Waals surface area contributed by atoms with Gasteiger partial charge >= 0.3 is 0 Å². The fourth-order valence-corrected chi connectivity index (χ4v) is 3.30. The fourth-order valence-electron chi connectivity index (χ4n) is 3.10. The van der Waals surface area contributed by atoms with Gasteiger partial charge in [-0.3, -0.25) is 4.79 Å². The van der Waals surface area contributed by atoms with Crippen LogP contribution in [-0.2, 0) is 13.1 Å². The van der Waals surface area contributed by atoms with Crippen molar-refractivity contribution in [3.8, 4) is 11.6 Å². The summed E-state index contributed by atoms with van der Waals surface area (Å²) in [5.74, 6) is 1.05. The molecule has 2 heterocycles. The number of nitrogens with one attached hydrogen (secondary N) is 1. The lowest BCUT2D eigenvalue weighted by Gasteiger charge is -2.10. The molecule has 0 saturated carbocycles. The van der Waals surface area contributed by atoms with Crippen LogP contribution in [0.3, 0.4) is 0 Å². The number of halogens is 1. The Labute approximate surface area is 178 Å². The summed E-state index contributed by atoms with van der Waals surface area (Å²) in [5.41, 5.74) is 2.09. The third kappa shape index (κ3) is 4.21. The van der Waals surface area contributed by atoms with Gasteiger partial charge in [-0.1, -0.05) is 47.1 Å². The van der Waals surface area contributed by atoms with Crippen molar-refractivity contribution in [1.29, 1.82) is 0 Å². The zero-order valence-corrected chi connectivity index (χ0v) is 17.1. The predicted molar refractivity (Wildman–Crippen MR) is 114 cm³/mol. The Balaban J connectivity index is 1.60. The van der Waals surface area contributed by atoms with E-state index in [1.165, 1.54) is 0 Å². The molecule has 0 aliphatic carbocycles. The Morgan fingerprint density at radius 2 is 1.80 bits per heavy atom. The predicted octanol–water partition coefficient (Wildman–Crippen LogP) is 3.71. The average Bonchev–Trinajstić information content (AvgIpc) is 3.43. The van der Waals surface area contributed by atoms with Gasteiger partial charge in [-0.15, -0.1) is 5.10 Å². The molecule has 4 aromatic rings. The van der Waals surface area contributed by atoms with Crippen LogP contribution in [0.5, 0.6) is 5.75 Å². The minimum Gasteiger partial charge on any atom is -0.497 e. The summed E-state index contributed by atoms with van der Waals surface area (Å²) in [6, 6.07) is 18.8. The topological polar surface area (TPSA) is 74.0 Å². The lowest BCUT2D eigenvalue weighted by molar-refractivity contribution is 0.0946. The second-order valence-corrected chi connectivity index (χ2v) is 7.04. The smallest absolute Gasteiger partial charge is 0.276 e. The summed E-state index contributed by atoms with van der Waals surface area (Å²) in [7, 11) is 1.63. The molecular weight excluding hydrogens is 402 g/mol. The Hall–Kier alpha value is -3.58. The molecule has 0 atom stereocenters. The lowest BCUT2D eigenvalue weighted by atomic mass is 10.2. The van der Waals surface area contributed by atoms with Crippen LogP contribution in [0.15, 0.2) is 73.1 Å². The number of ether oxygens (including phenoxy) is 1. The van der Waals surface area contributed by atoms with Crippen LogP contribution in [0.2, 0.25) is 5.02 Å². The largest absolute Gasteiger partial charge is 0.497 e. The first kappa shape index (κ1) is 19.7. The first-order chi connectivity index (χ1) is 14.7. The van der Waals surface area contributed by atoms with Gasteiger partial charge in [0.05, 0.1) is 13.7 Å². The van der Waals surface area contributed by atoms with Crippen molar-refractivity contribution in [2.24, 2.45) is 0 Å². The second-order valence-electron chi connectivity index (χ2n) is 6.63. The number of carbonyl (C=O) groups excluding carboxylic acids is 1. The van der Waals surface area contributed by atoms with Gasteiger partial charge in [-0.2, -0.15) is 0 Å². The highest BCUT2D eigenvalue weighted by Gasteiger charge is 2.21. The number of benzene rings is 2. The number of hydrogen-bond acceptors (Lipinski definition) is 4. The van der Waals surface area contributed by atoms with E-state index in [2.05, 4.69) is 15.6 Å². The van der Waals surface area contributed by atoms with Crippen LogP contribution < -0.4 is 10.1 Å². The molecule has 0 spiro atoms. The molecule has 1 amide bonds. The van der Waals surface area contributed by atoms with Crippen molar-refractivity contribution in [3.05, 3.63) is 94.9 Å². The number of hydrogen-bond donors (Lipinski definition) is 1. The molecule has 0 aliphatic rings. The first-order valence-electron chi connectivity index (χ1n) is 9.37. The number of methoxy groups -OCH3 is 1. The summed E-state index contributed by atoms with van der Waals surface area (Å²) < 4.78 is 8.74. The van der Waals surface area contributed by atoms with E-state index in [9.17, 15) is 4.79 Å². The molecule has 7 nitrogen and oxygen atoms in total. The minimum absolute atomic E-state index is 0.242. The maximum atomic E-state index is 12.9. The van der Waals surface area contributed by atoms with Gasteiger partial charge in [-0.25, -0.2) is 4.68 Å². The summed E-state index contributed by atoms with van der Waals surface area (Å²) in [6.07, 6.45) is 3.71. The van der Waals surface area contributed by atoms with E-state index in [1.54, 1.807) is 17.9 Å². The van der Waals surface area contributed by atoms with Gasteiger partial charge in [0.1, 0.15) is 5.75 Å². The highest BCUT2D eigenvalue weighted by Crippen LogP contribution is 2.18. The van der Waals surface area contributed by atoms with Crippen molar-refractivity contribution in [2.45, 2.75) is 13.1 Å². The summed E-state index contributed by atoms with van der Waals surface area (Å²) in [5, 5.41) is 11.9. The van der Waals surface area contributed by atoms with Gasteiger partial charge < -0.3 is 14.6 Å². The van der Waals surface area contributed by atoms with Gasteiger partial charge in [0.25, 0.3) is 5.91 Å². The van der Waals surface area contributed by atoms with Crippen LogP contribution in [0.1, 0.15) is 21.6 Å². The lowest BCUT2D eigenvalue weighted by Crippen LogP contribution is -2.25. The maximum Gasteiger partial charge on any atom is 0.276 e. The minimum atomic E-state index is -0.320. The number of carbonyl (C=O) groups is 1. The van der Waals surface area contributed by atoms with Crippen LogP contribution in [0, 0.1) is 0 Å². The molecule has 8 heteroatoms. The van der Waals surface area contributed by atoms with E-state index in [1.807, 2.05) is 71.6 Å². The molecule has 0 unspecified atom stereocenters. The van der Waals surface area contributed by atoms with Crippen LogP contribution in [0.4, 0.5) is 0 Å². The molecular formula is C22H20ClN5O2. The van der Waals surface area contributed by atoms with Gasteiger partial charge in [0, 0.05) is 24.0 Å². The average molecular weight is 422 g/mol. The Bertz CT molecular complexity index is 1140. The molecule has 0 radical (unpaired) electrons. The molecule has 30 heavy (non-hydrogen) atoms. The van der Waals surface area contributed by atoms with E-state index in [0.717, 1.165) is 16.9 Å². The van der Waals surface area contributed by atoms with Gasteiger partial charge in [0.15, 0.2) is 11.5 Å². The van der Waals surface area contributed by atoms with E-state index in [0.29, 0.717) is 23.9 Å². The summed E-state index contributed by atoms with van der Waals surface area (Å²) in [6.45, 7) is 0.761. The van der Waals surface area contributed by atoms with Gasteiger partial charge in [-0.05, 0) is 41.5 Å². The standard InChI is InChI=1S/C22H20ClN5O2/c1-30-18-10-8-16(9-11-18)15-28-22(27-12-4-5-13-27)20(25-26-28)21(29)24-14-17-6-2-3-7-19(17)23/h2-13H,14-15H2,1H3,(H,24,29). The molecule has 0 aliphatic heterocycles. The van der Waals surface area contributed by atoms with Crippen LogP contribution in [-0.4, -0.2) is 32.6 Å². The van der Waals surface area contributed by atoms with Gasteiger partial charge in [0.2, 0.25) is 0 Å². The van der Waals surface area contributed by atoms with E-state index >= 15 is 0 Å². The third-order valence-corrected chi connectivity index (χ3v) is 5.03. The van der Waals surface area contributed by atoms with Crippen molar-refractivity contribution >= 4 is 17.5 Å². The highest BCUT2D eigenvalue weighted by molar-refractivity contribution is 6.31. The molecule has 2 aromatic heterocycles. The molecule has 0 fully saturated rings. The number of nitrogens with zero attached hydrogens (tertiary/aromatic N) is 4. The van der Waals surface area contributed by atoms with E-state index < -0.39 is 0 Å². The zero-order chi connectivity index (χ0) is 20.9. The summed E-state index contributed by atoms with van der Waals surface area (Å²) >= 11 is 6.19. The quantitative estimate of drug-likeness (QED) is 0.493. The van der Waals surface area contributed by atoms with E-state index in [-0.39, 0.29) is 11.6 Å². The Morgan fingerprint density at radius 3 is 2.50 bits per heavy atom. The number of rotatable bonds is 7. The third-order valence-electron chi connectivity index (χ3n) is 4.66. The highest BCUT2D eigenvalue weighted by atomic mass is 35.5. The van der Waals surface area contributed by atoms with Crippen molar-refractivity contribution in [3.63, 3.8) is 0 Å². The number of amides is 1. The van der Waals surface area contributed by atoms with Crippen LogP contribution in [0.25, 0.3) is 5.82 Å². The van der Waals surface area contributed by atoms with E-state index in [4.69, 9.17) is 16.3 Å². The van der Waals surface area contributed by atoms with Crippen molar-refractivity contribution in [1.82, 2.24) is 24.9 Å².